The molecule has 1 fully saturated rings. The van der Waals surface area contributed by atoms with Crippen LogP contribution in [0.25, 0.3) is 0 Å². The average molecular weight is 455 g/mol. The maximum atomic E-state index is 12.1. The second-order valence-electron chi connectivity index (χ2n) is 9.06. The average Bonchev–Trinajstić information content (AvgIpc) is 2.75. The lowest BCUT2D eigenvalue weighted by molar-refractivity contribution is -0.126. The standard InChI is InChI=1S/C24H42N2O6/c1-5-20-8-10-21(11-9-20)22(27)25-12-6-13-29-16-18-31-19-17-30-14-7-15-32-23(28)26-24(2,3)4/h1,20-21H,6-19H2,2-4H3,(H,25,27)(H,26,28). The van der Waals surface area contributed by atoms with Gasteiger partial charge in [0, 0.05) is 43.6 Å². The molecule has 0 heterocycles. The number of nitrogens with one attached hydrogen (secondary N) is 2. The first-order valence-corrected chi connectivity index (χ1v) is 11.7. The van der Waals surface area contributed by atoms with E-state index in [1.165, 1.54) is 0 Å². The summed E-state index contributed by atoms with van der Waals surface area (Å²) in [7, 11) is 0. The van der Waals surface area contributed by atoms with Gasteiger partial charge in [-0.3, -0.25) is 4.79 Å². The molecule has 2 N–H and O–H groups in total. The van der Waals surface area contributed by atoms with Gasteiger partial charge in [0.05, 0.1) is 33.0 Å². The molecule has 1 aliphatic carbocycles. The first-order valence-electron chi connectivity index (χ1n) is 11.7. The van der Waals surface area contributed by atoms with Crippen molar-refractivity contribution in [3.8, 4) is 12.3 Å². The highest BCUT2D eigenvalue weighted by atomic mass is 16.6. The van der Waals surface area contributed by atoms with E-state index >= 15 is 0 Å². The molecular weight excluding hydrogens is 412 g/mol. The van der Waals surface area contributed by atoms with Gasteiger partial charge in [0.2, 0.25) is 5.91 Å². The molecule has 2 amide bonds. The van der Waals surface area contributed by atoms with Crippen molar-refractivity contribution in [2.45, 2.75) is 64.8 Å². The lowest BCUT2D eigenvalue weighted by atomic mass is 9.82. The fourth-order valence-electron chi connectivity index (χ4n) is 3.26. The molecule has 0 bridgehead atoms. The Labute approximate surface area is 193 Å². The summed E-state index contributed by atoms with van der Waals surface area (Å²) in [5.74, 6) is 3.38. The smallest absolute Gasteiger partial charge is 0.407 e. The highest BCUT2D eigenvalue weighted by molar-refractivity contribution is 5.78. The molecule has 0 spiro atoms. The summed E-state index contributed by atoms with van der Waals surface area (Å²) in [6.07, 6.45) is 10.1. The number of amides is 2. The Balaban J connectivity index is 1.80. The minimum Gasteiger partial charge on any atom is -0.449 e. The number of carbonyl (C=O) groups excluding carboxylic acids is 2. The highest BCUT2D eigenvalue weighted by Crippen LogP contribution is 2.28. The normalized spacial score (nSPS) is 18.6. The van der Waals surface area contributed by atoms with Gasteiger partial charge in [0.25, 0.3) is 0 Å². The van der Waals surface area contributed by atoms with E-state index in [1.807, 2.05) is 20.8 Å². The molecule has 0 radical (unpaired) electrons. The zero-order chi connectivity index (χ0) is 23.7. The van der Waals surface area contributed by atoms with Crippen LogP contribution in [0.5, 0.6) is 0 Å². The summed E-state index contributed by atoms with van der Waals surface area (Å²) in [5, 5.41) is 5.72. The summed E-state index contributed by atoms with van der Waals surface area (Å²) in [6.45, 7) is 9.76. The van der Waals surface area contributed by atoms with Crippen molar-refractivity contribution in [2.24, 2.45) is 11.8 Å². The molecular formula is C24H42N2O6. The van der Waals surface area contributed by atoms with Crippen LogP contribution in [0.3, 0.4) is 0 Å². The zero-order valence-corrected chi connectivity index (χ0v) is 20.1. The van der Waals surface area contributed by atoms with Crippen LogP contribution in [0, 0.1) is 24.2 Å². The van der Waals surface area contributed by atoms with Crippen molar-refractivity contribution in [1.29, 1.82) is 0 Å². The Hall–Kier alpha value is -1.82. The number of rotatable bonds is 15. The maximum Gasteiger partial charge on any atom is 0.407 e. The fraction of sp³-hybridized carbons (Fsp3) is 0.833. The fourth-order valence-corrected chi connectivity index (χ4v) is 3.26. The van der Waals surface area contributed by atoms with Crippen LogP contribution in [0.4, 0.5) is 4.79 Å². The zero-order valence-electron chi connectivity index (χ0n) is 20.1. The predicted octanol–water partition coefficient (Wildman–Crippen LogP) is 2.90. The number of terminal acetylenes is 1. The van der Waals surface area contributed by atoms with Crippen molar-refractivity contribution >= 4 is 12.0 Å². The van der Waals surface area contributed by atoms with Crippen LogP contribution in [0.15, 0.2) is 0 Å². The van der Waals surface area contributed by atoms with Gasteiger partial charge < -0.3 is 29.6 Å². The summed E-state index contributed by atoms with van der Waals surface area (Å²) in [5.41, 5.74) is -0.299. The summed E-state index contributed by atoms with van der Waals surface area (Å²) < 4.78 is 21.5. The van der Waals surface area contributed by atoms with Crippen LogP contribution < -0.4 is 10.6 Å². The largest absolute Gasteiger partial charge is 0.449 e. The Bertz CT molecular complexity index is 562. The van der Waals surface area contributed by atoms with Crippen molar-refractivity contribution in [3.05, 3.63) is 0 Å². The van der Waals surface area contributed by atoms with Crippen LogP contribution in [-0.4, -0.2) is 70.3 Å². The minimum atomic E-state index is -0.411. The maximum absolute atomic E-state index is 12.1. The number of hydrogen-bond donors (Lipinski definition) is 2. The first kappa shape index (κ1) is 28.2. The molecule has 0 saturated heterocycles. The Morgan fingerprint density at radius 3 is 2.00 bits per heavy atom. The van der Waals surface area contributed by atoms with Crippen molar-refractivity contribution < 1.29 is 28.5 Å². The molecule has 1 saturated carbocycles. The minimum absolute atomic E-state index is 0.108. The van der Waals surface area contributed by atoms with Crippen molar-refractivity contribution in [1.82, 2.24) is 10.6 Å². The van der Waals surface area contributed by atoms with E-state index in [2.05, 4.69) is 16.6 Å². The van der Waals surface area contributed by atoms with E-state index in [4.69, 9.17) is 25.4 Å². The number of carbonyl (C=O) groups is 2. The Kier molecular flexibility index (Phi) is 14.8. The summed E-state index contributed by atoms with van der Waals surface area (Å²) in [6, 6.07) is 0. The third-order valence-corrected chi connectivity index (χ3v) is 4.99. The second kappa shape index (κ2) is 16.8. The molecule has 184 valence electrons. The van der Waals surface area contributed by atoms with Crippen LogP contribution >= 0.6 is 0 Å². The molecule has 0 unspecified atom stereocenters. The number of alkyl carbamates (subject to hydrolysis) is 1. The van der Waals surface area contributed by atoms with Gasteiger partial charge in [-0.15, -0.1) is 12.3 Å². The molecule has 1 aliphatic rings. The summed E-state index contributed by atoms with van der Waals surface area (Å²) >= 11 is 0. The van der Waals surface area contributed by atoms with E-state index in [1.54, 1.807) is 0 Å². The molecule has 0 atom stereocenters. The van der Waals surface area contributed by atoms with E-state index in [0.29, 0.717) is 65.1 Å². The molecule has 0 aromatic heterocycles. The van der Waals surface area contributed by atoms with E-state index in [0.717, 1.165) is 32.1 Å². The molecule has 8 nitrogen and oxygen atoms in total. The third kappa shape index (κ3) is 15.1. The van der Waals surface area contributed by atoms with E-state index in [9.17, 15) is 9.59 Å². The third-order valence-electron chi connectivity index (χ3n) is 4.99. The van der Waals surface area contributed by atoms with Gasteiger partial charge >= 0.3 is 6.09 Å². The van der Waals surface area contributed by atoms with Crippen LogP contribution in [-0.2, 0) is 23.7 Å². The lowest BCUT2D eigenvalue weighted by Gasteiger charge is -2.24. The van der Waals surface area contributed by atoms with E-state index in [-0.39, 0.29) is 17.4 Å². The SMILES string of the molecule is C#CC1CCC(C(=O)NCCCOCCOCCOCCCOC(=O)NC(C)(C)C)CC1. The Morgan fingerprint density at radius 1 is 0.875 bits per heavy atom. The highest BCUT2D eigenvalue weighted by Gasteiger charge is 2.24. The Morgan fingerprint density at radius 2 is 1.44 bits per heavy atom. The topological polar surface area (TPSA) is 95.1 Å². The second-order valence-corrected chi connectivity index (χ2v) is 9.06. The van der Waals surface area contributed by atoms with Crippen molar-refractivity contribution in [2.75, 3.05) is 52.8 Å². The first-order chi connectivity index (χ1) is 15.3. The van der Waals surface area contributed by atoms with Gasteiger partial charge in [-0.2, -0.15) is 0 Å². The van der Waals surface area contributed by atoms with Gasteiger partial charge in [0.1, 0.15) is 0 Å². The van der Waals surface area contributed by atoms with Gasteiger partial charge in [0.15, 0.2) is 0 Å². The molecule has 32 heavy (non-hydrogen) atoms. The molecule has 0 aromatic carbocycles. The number of hydrogen-bond acceptors (Lipinski definition) is 6. The van der Waals surface area contributed by atoms with Gasteiger partial charge in [-0.05, 0) is 52.9 Å². The number of ether oxygens (including phenoxy) is 4. The quantitative estimate of drug-likeness (QED) is 0.292. The van der Waals surface area contributed by atoms with Crippen LogP contribution in [0.2, 0.25) is 0 Å². The molecule has 0 aliphatic heterocycles. The lowest BCUT2D eigenvalue weighted by Crippen LogP contribution is -2.41. The molecule has 1 rings (SSSR count). The van der Waals surface area contributed by atoms with E-state index < -0.39 is 6.09 Å². The van der Waals surface area contributed by atoms with Crippen LogP contribution in [0.1, 0.15) is 59.3 Å². The van der Waals surface area contributed by atoms with Crippen molar-refractivity contribution in [3.63, 3.8) is 0 Å². The molecule has 8 heteroatoms. The predicted molar refractivity (Wildman–Crippen MR) is 123 cm³/mol. The van der Waals surface area contributed by atoms with Gasteiger partial charge in [-0.1, -0.05) is 0 Å². The summed E-state index contributed by atoms with van der Waals surface area (Å²) in [4.78, 5) is 23.6. The van der Waals surface area contributed by atoms with Gasteiger partial charge in [-0.25, -0.2) is 4.79 Å². The molecule has 0 aromatic rings. The monoisotopic (exact) mass is 454 g/mol.